The average Bonchev–Trinajstić information content (AvgIpc) is 2.95. The minimum atomic E-state index is -1.62. The number of nitrogens with zero attached hydrogens (tertiary/aromatic N) is 4. The molecule has 0 radical (unpaired) electrons. The molecule has 5 unspecified atom stereocenters. The van der Waals surface area contributed by atoms with Crippen molar-refractivity contribution in [2.75, 3.05) is 0 Å². The Morgan fingerprint density at radius 2 is 1.96 bits per heavy atom. The summed E-state index contributed by atoms with van der Waals surface area (Å²) in [7, 11) is 0. The Hall–Kier alpha value is -2.12. The van der Waals surface area contributed by atoms with Gasteiger partial charge >= 0.3 is 0 Å². The lowest BCUT2D eigenvalue weighted by molar-refractivity contribution is -0.130. The molecule has 6 nitrogen and oxygen atoms in total. The Morgan fingerprint density at radius 1 is 1.15 bits per heavy atom. The van der Waals surface area contributed by atoms with Crippen LogP contribution in [0.3, 0.4) is 0 Å². The highest BCUT2D eigenvalue weighted by atomic mass is 19.2. The predicted molar refractivity (Wildman–Crippen MR) is 94.5 cm³/mol. The highest BCUT2D eigenvalue weighted by Gasteiger charge is 2.47. The van der Waals surface area contributed by atoms with Crippen molar-refractivity contribution in [2.45, 2.75) is 69.4 Å². The Kier molecular flexibility index (Phi) is 4.09. The number of piperidine rings is 1. The van der Waals surface area contributed by atoms with Gasteiger partial charge in [-0.15, -0.1) is 0 Å². The molecule has 5 rings (SSSR count). The smallest absolute Gasteiger partial charge is 0.220 e. The highest BCUT2D eigenvalue weighted by Crippen LogP contribution is 2.41. The summed E-state index contributed by atoms with van der Waals surface area (Å²) in [5, 5.41) is 2.70. The maximum atomic E-state index is 14.4. The Morgan fingerprint density at radius 3 is 2.74 bits per heavy atom. The zero-order chi connectivity index (χ0) is 18.5. The van der Waals surface area contributed by atoms with Gasteiger partial charge in [0.15, 0.2) is 17.5 Å². The lowest BCUT2D eigenvalue weighted by Crippen LogP contribution is -2.59. The molecule has 27 heavy (non-hydrogen) atoms. The Labute approximate surface area is 155 Å². The van der Waals surface area contributed by atoms with Crippen LogP contribution < -0.4 is 5.32 Å². The molecule has 5 atom stereocenters. The Balaban J connectivity index is 1.49. The molecule has 1 N–H and O–H groups in total. The quantitative estimate of drug-likeness (QED) is 0.895. The fourth-order valence-electron chi connectivity index (χ4n) is 4.96. The van der Waals surface area contributed by atoms with Gasteiger partial charge in [0.05, 0.1) is 6.04 Å². The van der Waals surface area contributed by atoms with E-state index in [1.165, 1.54) is 6.42 Å². The molecule has 2 aromatic rings. The molecule has 3 aliphatic rings. The summed E-state index contributed by atoms with van der Waals surface area (Å²) in [6.07, 6.45) is 4.67. The van der Waals surface area contributed by atoms with Crippen LogP contribution in [0.2, 0.25) is 0 Å². The van der Waals surface area contributed by atoms with E-state index in [4.69, 9.17) is 4.98 Å². The fourth-order valence-corrected chi connectivity index (χ4v) is 4.96. The molecule has 3 fully saturated rings. The third kappa shape index (κ3) is 2.80. The second kappa shape index (κ2) is 6.49. The first-order chi connectivity index (χ1) is 13.1. The van der Waals surface area contributed by atoms with Crippen LogP contribution in [0.15, 0.2) is 12.4 Å². The number of nitrogens with one attached hydrogen (secondary N) is 1. The molecule has 2 saturated carbocycles. The van der Waals surface area contributed by atoms with Crippen molar-refractivity contribution in [3.63, 3.8) is 0 Å². The van der Waals surface area contributed by atoms with Crippen molar-refractivity contribution >= 4 is 17.2 Å². The van der Waals surface area contributed by atoms with E-state index in [2.05, 4.69) is 19.9 Å². The second-order valence-electron chi connectivity index (χ2n) is 8.17. The van der Waals surface area contributed by atoms with Crippen molar-refractivity contribution in [2.24, 2.45) is 11.8 Å². The predicted octanol–water partition coefficient (Wildman–Crippen LogP) is 2.68. The Bertz CT molecular complexity index is 867. The van der Waals surface area contributed by atoms with Gasteiger partial charge in [0.2, 0.25) is 5.91 Å². The molecule has 8 heteroatoms. The monoisotopic (exact) mass is 375 g/mol. The maximum Gasteiger partial charge on any atom is 0.220 e. The van der Waals surface area contributed by atoms with E-state index in [0.29, 0.717) is 31.0 Å². The minimum Gasteiger partial charge on any atom is -0.350 e. The first-order valence-electron chi connectivity index (χ1n) is 9.86. The van der Waals surface area contributed by atoms with Crippen LogP contribution in [0.25, 0.3) is 11.3 Å². The number of imidazole rings is 1. The van der Waals surface area contributed by atoms with Gasteiger partial charge in [-0.1, -0.05) is 6.42 Å². The van der Waals surface area contributed by atoms with E-state index in [-0.39, 0.29) is 24.2 Å². The molecule has 144 valence electrons. The largest absolute Gasteiger partial charge is 0.350 e. The molecule has 0 aromatic carbocycles. The molecule has 1 saturated heterocycles. The van der Waals surface area contributed by atoms with E-state index in [0.717, 1.165) is 24.3 Å². The van der Waals surface area contributed by atoms with Crippen LogP contribution in [0.1, 0.15) is 50.3 Å². The zero-order valence-electron chi connectivity index (χ0n) is 15.0. The van der Waals surface area contributed by atoms with Crippen molar-refractivity contribution in [3.8, 4) is 0 Å². The number of rotatable bonds is 3. The minimum absolute atomic E-state index is 0.0484. The van der Waals surface area contributed by atoms with Crippen LogP contribution >= 0.6 is 0 Å². The third-order valence-corrected chi connectivity index (χ3v) is 6.61. The topological polar surface area (TPSA) is 72.7 Å². The van der Waals surface area contributed by atoms with E-state index < -0.39 is 18.4 Å². The van der Waals surface area contributed by atoms with Gasteiger partial charge < -0.3 is 9.88 Å². The van der Waals surface area contributed by atoms with Crippen LogP contribution in [-0.4, -0.2) is 43.8 Å². The van der Waals surface area contributed by atoms with Crippen LogP contribution in [0.5, 0.6) is 0 Å². The van der Waals surface area contributed by atoms with Crippen molar-refractivity contribution < 1.29 is 13.6 Å². The summed E-state index contributed by atoms with van der Waals surface area (Å²) < 4.78 is 30.4. The number of halogens is 2. The second-order valence-corrected chi connectivity index (χ2v) is 8.17. The van der Waals surface area contributed by atoms with E-state index in [9.17, 15) is 13.6 Å². The number of amides is 1. The average molecular weight is 375 g/mol. The highest BCUT2D eigenvalue weighted by molar-refractivity contribution is 5.77. The van der Waals surface area contributed by atoms with E-state index in [1.54, 1.807) is 12.4 Å². The number of carbonyl (C=O) groups excluding carboxylic acids is 1. The molecule has 2 aromatic heterocycles. The number of carbonyl (C=O) groups is 1. The van der Waals surface area contributed by atoms with Gasteiger partial charge in [0.1, 0.15) is 12.0 Å². The van der Waals surface area contributed by atoms with Crippen LogP contribution in [-0.2, 0) is 11.3 Å². The zero-order valence-corrected chi connectivity index (χ0v) is 15.0. The molecule has 0 bridgehead atoms. The van der Waals surface area contributed by atoms with Crippen molar-refractivity contribution in [1.82, 2.24) is 24.8 Å². The van der Waals surface area contributed by atoms with Gasteiger partial charge in [-0.3, -0.25) is 4.79 Å². The van der Waals surface area contributed by atoms with Crippen molar-refractivity contribution in [3.05, 3.63) is 18.2 Å². The standard InChI is InChI=1S/C19H23F2N5O/c20-13-5-4-12-11(8-14(27)24-16(12)15(13)21)9-26-18(10-2-1-3-10)25-17-19(26)23-7-6-22-17/h6-7,10-13,15-16H,1-5,8-9H2,(H,24,27). The third-order valence-electron chi connectivity index (χ3n) is 6.61. The SMILES string of the molecule is O=C1CC(Cn2c(C3CCC3)nc3nccnc32)C2CCC(F)C(F)C2N1. The normalized spacial score (nSPS) is 34.1. The van der Waals surface area contributed by atoms with E-state index in [1.807, 2.05) is 0 Å². The van der Waals surface area contributed by atoms with Gasteiger partial charge in [0.25, 0.3) is 0 Å². The van der Waals surface area contributed by atoms with Crippen LogP contribution in [0.4, 0.5) is 8.78 Å². The number of aromatic nitrogens is 4. The van der Waals surface area contributed by atoms with Crippen molar-refractivity contribution in [1.29, 1.82) is 0 Å². The summed E-state index contributed by atoms with van der Waals surface area (Å²) in [6, 6.07) is -0.729. The first-order valence-corrected chi connectivity index (χ1v) is 9.86. The lowest BCUT2D eigenvalue weighted by Gasteiger charge is -2.44. The van der Waals surface area contributed by atoms with Gasteiger partial charge in [-0.05, 0) is 37.5 Å². The molecule has 2 aliphatic carbocycles. The van der Waals surface area contributed by atoms with Gasteiger partial charge in [0, 0.05) is 31.3 Å². The maximum absolute atomic E-state index is 14.4. The summed E-state index contributed by atoms with van der Waals surface area (Å²) in [5.41, 5.74) is 1.34. The molecular weight excluding hydrogens is 352 g/mol. The van der Waals surface area contributed by atoms with Gasteiger partial charge in [-0.25, -0.2) is 23.7 Å². The van der Waals surface area contributed by atoms with Gasteiger partial charge in [-0.2, -0.15) is 0 Å². The molecule has 1 aliphatic heterocycles. The molecule has 0 spiro atoms. The summed E-state index contributed by atoms with van der Waals surface area (Å²) in [5.74, 6) is 1.06. The summed E-state index contributed by atoms with van der Waals surface area (Å²) in [6.45, 7) is 0.555. The molecule has 3 heterocycles. The summed E-state index contributed by atoms with van der Waals surface area (Å²) in [4.78, 5) is 25.7. The summed E-state index contributed by atoms with van der Waals surface area (Å²) >= 11 is 0. The molecular formula is C19H23F2N5O. The van der Waals surface area contributed by atoms with E-state index >= 15 is 0 Å². The first kappa shape index (κ1) is 17.0. The fraction of sp³-hybridized carbons (Fsp3) is 0.684. The number of alkyl halides is 2. The molecule has 1 amide bonds. The number of hydrogen-bond acceptors (Lipinski definition) is 4. The lowest BCUT2D eigenvalue weighted by atomic mass is 9.71. The number of fused-ring (bicyclic) bond motifs is 2. The number of hydrogen-bond donors (Lipinski definition) is 1. The van der Waals surface area contributed by atoms with Crippen LogP contribution in [0, 0.1) is 11.8 Å².